The summed E-state index contributed by atoms with van der Waals surface area (Å²) < 4.78 is 1.90. The van der Waals surface area contributed by atoms with Gasteiger partial charge in [-0.2, -0.15) is 5.10 Å². The van der Waals surface area contributed by atoms with Crippen LogP contribution in [0.15, 0.2) is 6.20 Å². The number of hydrogen-bond acceptors (Lipinski definition) is 2. The van der Waals surface area contributed by atoms with Crippen LogP contribution in [0, 0.1) is 12.8 Å². The summed E-state index contributed by atoms with van der Waals surface area (Å²) in [6.45, 7) is 4.20. The van der Waals surface area contributed by atoms with E-state index in [0.717, 1.165) is 24.7 Å². The second-order valence-electron chi connectivity index (χ2n) is 5.38. The fourth-order valence-corrected chi connectivity index (χ4v) is 2.83. The van der Waals surface area contributed by atoms with E-state index in [2.05, 4.69) is 23.5 Å². The van der Waals surface area contributed by atoms with Crippen LogP contribution in [0.2, 0.25) is 0 Å². The van der Waals surface area contributed by atoms with Crippen molar-refractivity contribution in [1.29, 1.82) is 0 Å². The Labute approximate surface area is 105 Å². The lowest BCUT2D eigenvalue weighted by atomic mass is 9.87. The molecule has 1 saturated carbocycles. The first-order valence-electron chi connectivity index (χ1n) is 6.95. The van der Waals surface area contributed by atoms with Crippen LogP contribution >= 0.6 is 0 Å². The number of hydrogen-bond donors (Lipinski definition) is 1. The molecule has 1 aliphatic rings. The van der Waals surface area contributed by atoms with Crippen LogP contribution in [0.25, 0.3) is 0 Å². The monoisotopic (exact) mass is 235 g/mol. The Morgan fingerprint density at radius 1 is 1.35 bits per heavy atom. The molecule has 0 atom stereocenters. The molecule has 0 amide bonds. The molecule has 0 spiro atoms. The van der Waals surface area contributed by atoms with Crippen LogP contribution in [-0.2, 0) is 13.6 Å². The average Bonchev–Trinajstić information content (AvgIpc) is 2.65. The van der Waals surface area contributed by atoms with Crippen molar-refractivity contribution in [2.75, 3.05) is 6.54 Å². The van der Waals surface area contributed by atoms with E-state index in [4.69, 9.17) is 0 Å². The van der Waals surface area contributed by atoms with Gasteiger partial charge >= 0.3 is 0 Å². The van der Waals surface area contributed by atoms with Gasteiger partial charge in [-0.15, -0.1) is 0 Å². The zero-order valence-electron chi connectivity index (χ0n) is 11.2. The van der Waals surface area contributed by atoms with Gasteiger partial charge in [0.1, 0.15) is 0 Å². The fraction of sp³-hybridized carbons (Fsp3) is 0.786. The minimum Gasteiger partial charge on any atom is -0.313 e. The number of aryl methyl sites for hydroxylation is 2. The highest BCUT2D eigenvalue weighted by atomic mass is 15.2. The highest BCUT2D eigenvalue weighted by Gasteiger charge is 2.12. The standard InChI is InChI=1S/C14H25N3/c1-12-14(11-17(2)16-12)10-15-9-8-13-6-4-3-5-7-13/h11,13,15H,3-10H2,1-2H3. The molecule has 0 bridgehead atoms. The molecule has 17 heavy (non-hydrogen) atoms. The Morgan fingerprint density at radius 2 is 2.12 bits per heavy atom. The maximum absolute atomic E-state index is 4.36. The molecular formula is C14H25N3. The third-order valence-corrected chi connectivity index (χ3v) is 3.88. The molecule has 3 heteroatoms. The normalized spacial score (nSPS) is 17.5. The van der Waals surface area contributed by atoms with Crippen molar-refractivity contribution < 1.29 is 0 Å². The minimum atomic E-state index is 0.965. The van der Waals surface area contributed by atoms with E-state index >= 15 is 0 Å². The van der Waals surface area contributed by atoms with Crippen molar-refractivity contribution in [2.45, 2.75) is 52.0 Å². The van der Waals surface area contributed by atoms with Gasteiger partial charge in [-0.25, -0.2) is 0 Å². The summed E-state index contributed by atoms with van der Waals surface area (Å²) in [6, 6.07) is 0. The van der Waals surface area contributed by atoms with E-state index in [1.54, 1.807) is 0 Å². The first kappa shape index (κ1) is 12.6. The van der Waals surface area contributed by atoms with Crippen LogP contribution in [0.1, 0.15) is 49.8 Å². The third-order valence-electron chi connectivity index (χ3n) is 3.88. The Balaban J connectivity index is 1.64. The van der Waals surface area contributed by atoms with Crippen molar-refractivity contribution >= 4 is 0 Å². The molecule has 0 radical (unpaired) electrons. The molecule has 0 unspecified atom stereocenters. The van der Waals surface area contributed by atoms with Gasteiger partial charge in [0.05, 0.1) is 5.69 Å². The van der Waals surface area contributed by atoms with Crippen LogP contribution in [-0.4, -0.2) is 16.3 Å². The zero-order chi connectivity index (χ0) is 12.1. The molecule has 1 heterocycles. The summed E-state index contributed by atoms with van der Waals surface area (Å²) in [5.41, 5.74) is 2.48. The molecule has 1 aromatic heterocycles. The van der Waals surface area contributed by atoms with E-state index in [1.165, 1.54) is 44.1 Å². The predicted octanol–water partition coefficient (Wildman–Crippen LogP) is 2.79. The molecule has 1 N–H and O–H groups in total. The predicted molar refractivity (Wildman–Crippen MR) is 70.8 cm³/mol. The Kier molecular flexibility index (Phi) is 4.60. The maximum atomic E-state index is 4.36. The van der Waals surface area contributed by atoms with Gasteiger partial charge in [0.2, 0.25) is 0 Å². The molecule has 1 aliphatic carbocycles. The number of rotatable bonds is 5. The molecule has 0 aromatic carbocycles. The summed E-state index contributed by atoms with van der Waals surface area (Å²) in [4.78, 5) is 0. The van der Waals surface area contributed by atoms with Gasteiger partial charge in [-0.3, -0.25) is 4.68 Å². The first-order chi connectivity index (χ1) is 8.25. The number of aromatic nitrogens is 2. The van der Waals surface area contributed by atoms with Crippen molar-refractivity contribution in [2.24, 2.45) is 13.0 Å². The highest BCUT2D eigenvalue weighted by molar-refractivity contribution is 5.14. The second-order valence-corrected chi connectivity index (χ2v) is 5.38. The SMILES string of the molecule is Cc1nn(C)cc1CNCCC1CCCCC1. The molecule has 96 valence electrons. The van der Waals surface area contributed by atoms with Gasteiger partial charge < -0.3 is 5.32 Å². The Morgan fingerprint density at radius 3 is 2.76 bits per heavy atom. The van der Waals surface area contributed by atoms with Crippen molar-refractivity contribution in [3.05, 3.63) is 17.5 Å². The maximum Gasteiger partial charge on any atom is 0.0638 e. The Hall–Kier alpha value is -0.830. The first-order valence-corrected chi connectivity index (χ1v) is 6.95. The van der Waals surface area contributed by atoms with E-state index in [9.17, 15) is 0 Å². The summed E-state index contributed by atoms with van der Waals surface area (Å²) in [5.74, 6) is 0.978. The highest BCUT2D eigenvalue weighted by Crippen LogP contribution is 2.25. The number of nitrogens with zero attached hydrogens (tertiary/aromatic N) is 2. The van der Waals surface area contributed by atoms with E-state index in [-0.39, 0.29) is 0 Å². The summed E-state index contributed by atoms with van der Waals surface area (Å²) >= 11 is 0. The largest absolute Gasteiger partial charge is 0.313 e. The molecule has 1 fully saturated rings. The van der Waals surface area contributed by atoms with Crippen LogP contribution in [0.3, 0.4) is 0 Å². The molecular weight excluding hydrogens is 210 g/mol. The summed E-state index contributed by atoms with van der Waals surface area (Å²) in [7, 11) is 1.98. The van der Waals surface area contributed by atoms with Gasteiger partial charge in [-0.05, 0) is 25.8 Å². The van der Waals surface area contributed by atoms with Gasteiger partial charge in [-0.1, -0.05) is 32.1 Å². The third kappa shape index (κ3) is 3.84. The second kappa shape index (κ2) is 6.20. The summed E-state index contributed by atoms with van der Waals surface area (Å²) in [5, 5.41) is 7.91. The molecule has 1 aromatic rings. The van der Waals surface area contributed by atoms with Crippen molar-refractivity contribution in [3.63, 3.8) is 0 Å². The van der Waals surface area contributed by atoms with E-state index < -0.39 is 0 Å². The van der Waals surface area contributed by atoms with Crippen molar-refractivity contribution in [3.8, 4) is 0 Å². The Bertz CT molecular complexity index is 337. The smallest absolute Gasteiger partial charge is 0.0638 e. The minimum absolute atomic E-state index is 0.965. The van der Waals surface area contributed by atoms with E-state index in [0.29, 0.717) is 0 Å². The summed E-state index contributed by atoms with van der Waals surface area (Å²) in [6.07, 6.45) is 10.7. The average molecular weight is 235 g/mol. The fourth-order valence-electron chi connectivity index (χ4n) is 2.83. The molecule has 0 saturated heterocycles. The molecule has 2 rings (SSSR count). The van der Waals surface area contributed by atoms with Gasteiger partial charge in [0, 0.05) is 25.4 Å². The number of nitrogens with one attached hydrogen (secondary N) is 1. The van der Waals surface area contributed by atoms with Crippen LogP contribution in [0.5, 0.6) is 0 Å². The van der Waals surface area contributed by atoms with Crippen molar-refractivity contribution in [1.82, 2.24) is 15.1 Å². The topological polar surface area (TPSA) is 29.9 Å². The lowest BCUT2D eigenvalue weighted by Gasteiger charge is -2.21. The lowest BCUT2D eigenvalue weighted by molar-refractivity contribution is 0.334. The van der Waals surface area contributed by atoms with E-state index in [1.807, 2.05) is 11.7 Å². The molecule has 0 aliphatic heterocycles. The van der Waals surface area contributed by atoms with Gasteiger partial charge in [0.15, 0.2) is 0 Å². The van der Waals surface area contributed by atoms with Crippen LogP contribution in [0.4, 0.5) is 0 Å². The van der Waals surface area contributed by atoms with Crippen LogP contribution < -0.4 is 5.32 Å². The zero-order valence-corrected chi connectivity index (χ0v) is 11.2. The van der Waals surface area contributed by atoms with Gasteiger partial charge in [0.25, 0.3) is 0 Å². The lowest BCUT2D eigenvalue weighted by Crippen LogP contribution is -2.19. The quantitative estimate of drug-likeness (QED) is 0.795. The molecule has 3 nitrogen and oxygen atoms in total.